The molecule has 0 atom stereocenters. The minimum atomic E-state index is -0.0418. The molecular formula is C14H18BrNO. The van der Waals surface area contributed by atoms with E-state index >= 15 is 0 Å². The number of aryl methyl sites for hydroxylation is 1. The van der Waals surface area contributed by atoms with Crippen molar-refractivity contribution in [3.05, 3.63) is 27.2 Å². The van der Waals surface area contributed by atoms with Gasteiger partial charge in [0.25, 0.3) is 0 Å². The second kappa shape index (κ2) is 3.99. The predicted molar refractivity (Wildman–Crippen MR) is 72.3 cm³/mol. The summed E-state index contributed by atoms with van der Waals surface area (Å²) in [6.45, 7) is 0. The fourth-order valence-corrected chi connectivity index (χ4v) is 3.46. The monoisotopic (exact) mass is 295 g/mol. The Hall–Kier alpha value is -0.540. The standard InChI is InChI=1S/C14H18BrNO/c15-12-11-4-2-1-3-9(11)7-10(13(12)17)8-14(16)5-6-14/h7,17H,1-6,8,16H2. The average molecular weight is 296 g/mol. The maximum Gasteiger partial charge on any atom is 0.133 e. The minimum absolute atomic E-state index is 0.0418. The summed E-state index contributed by atoms with van der Waals surface area (Å²) in [5.74, 6) is 0.419. The zero-order valence-corrected chi connectivity index (χ0v) is 11.5. The van der Waals surface area contributed by atoms with E-state index < -0.39 is 0 Å². The van der Waals surface area contributed by atoms with Crippen molar-refractivity contribution in [3.8, 4) is 5.75 Å². The number of hydrogen-bond acceptors (Lipinski definition) is 2. The quantitative estimate of drug-likeness (QED) is 0.881. The third-order valence-electron chi connectivity index (χ3n) is 4.07. The molecule has 2 nitrogen and oxygen atoms in total. The molecule has 0 spiro atoms. The summed E-state index contributed by atoms with van der Waals surface area (Å²) in [4.78, 5) is 0. The summed E-state index contributed by atoms with van der Waals surface area (Å²) < 4.78 is 0.911. The SMILES string of the molecule is NC1(Cc2cc3c(c(Br)c2O)CCCC3)CC1. The van der Waals surface area contributed by atoms with Gasteiger partial charge in [0.2, 0.25) is 0 Å². The highest BCUT2D eigenvalue weighted by Crippen LogP contribution is 2.42. The summed E-state index contributed by atoms with van der Waals surface area (Å²) in [7, 11) is 0. The van der Waals surface area contributed by atoms with Crippen molar-refractivity contribution in [2.75, 3.05) is 0 Å². The Bertz CT molecular complexity index is 466. The highest BCUT2D eigenvalue weighted by Gasteiger charge is 2.39. The van der Waals surface area contributed by atoms with Gasteiger partial charge in [-0.05, 0) is 77.6 Å². The number of aromatic hydroxyl groups is 1. The van der Waals surface area contributed by atoms with Crippen molar-refractivity contribution in [1.82, 2.24) is 0 Å². The third-order valence-corrected chi connectivity index (χ3v) is 4.92. The molecule has 0 aliphatic heterocycles. The molecule has 0 saturated heterocycles. The van der Waals surface area contributed by atoms with Crippen molar-refractivity contribution in [3.63, 3.8) is 0 Å². The van der Waals surface area contributed by atoms with Gasteiger partial charge in [0, 0.05) is 5.54 Å². The zero-order chi connectivity index (χ0) is 12.0. The van der Waals surface area contributed by atoms with Crippen molar-refractivity contribution in [2.24, 2.45) is 5.73 Å². The summed E-state index contributed by atoms with van der Waals surface area (Å²) in [6, 6.07) is 2.18. The topological polar surface area (TPSA) is 46.2 Å². The maximum absolute atomic E-state index is 10.2. The van der Waals surface area contributed by atoms with Gasteiger partial charge >= 0.3 is 0 Å². The lowest BCUT2D eigenvalue weighted by atomic mass is 9.88. The van der Waals surface area contributed by atoms with Crippen molar-refractivity contribution in [1.29, 1.82) is 0 Å². The molecule has 3 rings (SSSR count). The van der Waals surface area contributed by atoms with Crippen LogP contribution >= 0.6 is 15.9 Å². The first-order valence-electron chi connectivity index (χ1n) is 6.40. The smallest absolute Gasteiger partial charge is 0.133 e. The lowest BCUT2D eigenvalue weighted by molar-refractivity contribution is 0.457. The number of fused-ring (bicyclic) bond motifs is 1. The van der Waals surface area contributed by atoms with Crippen LogP contribution in [0.5, 0.6) is 5.75 Å². The van der Waals surface area contributed by atoms with Crippen molar-refractivity contribution in [2.45, 2.75) is 50.5 Å². The van der Waals surface area contributed by atoms with Gasteiger partial charge in [-0.3, -0.25) is 0 Å². The van der Waals surface area contributed by atoms with Gasteiger partial charge in [0.1, 0.15) is 5.75 Å². The summed E-state index contributed by atoms with van der Waals surface area (Å²) in [6.07, 6.45) is 7.69. The molecule has 0 radical (unpaired) electrons. The van der Waals surface area contributed by atoms with E-state index in [9.17, 15) is 5.11 Å². The Balaban J connectivity index is 2.01. The number of hydrogen-bond donors (Lipinski definition) is 2. The number of benzene rings is 1. The van der Waals surface area contributed by atoms with Gasteiger partial charge in [-0.2, -0.15) is 0 Å². The number of nitrogens with two attached hydrogens (primary N) is 1. The van der Waals surface area contributed by atoms with Crippen LogP contribution in [0.3, 0.4) is 0 Å². The molecule has 0 unspecified atom stereocenters. The van der Waals surface area contributed by atoms with Gasteiger partial charge < -0.3 is 10.8 Å². The molecule has 0 heterocycles. The third kappa shape index (κ3) is 2.11. The molecule has 0 amide bonds. The molecule has 1 aromatic rings. The second-order valence-electron chi connectivity index (χ2n) is 5.58. The van der Waals surface area contributed by atoms with E-state index in [1.807, 2.05) is 0 Å². The Morgan fingerprint density at radius 3 is 2.71 bits per heavy atom. The van der Waals surface area contributed by atoms with Crippen LogP contribution in [-0.4, -0.2) is 10.6 Å². The fraction of sp³-hybridized carbons (Fsp3) is 0.571. The van der Waals surface area contributed by atoms with E-state index in [-0.39, 0.29) is 5.54 Å². The van der Waals surface area contributed by atoms with Crippen LogP contribution in [0.2, 0.25) is 0 Å². The molecule has 2 aliphatic carbocycles. The normalized spacial score (nSPS) is 21.1. The van der Waals surface area contributed by atoms with Crippen LogP contribution in [-0.2, 0) is 19.3 Å². The van der Waals surface area contributed by atoms with E-state index in [1.54, 1.807) is 0 Å². The highest BCUT2D eigenvalue weighted by atomic mass is 79.9. The molecule has 3 N–H and O–H groups in total. The van der Waals surface area contributed by atoms with Crippen molar-refractivity contribution < 1.29 is 5.11 Å². The molecule has 92 valence electrons. The first-order valence-corrected chi connectivity index (χ1v) is 7.19. The number of rotatable bonds is 2. The van der Waals surface area contributed by atoms with E-state index in [0.29, 0.717) is 5.75 Å². The first-order chi connectivity index (χ1) is 8.09. The number of phenols is 1. The maximum atomic E-state index is 10.2. The molecule has 2 aliphatic rings. The van der Waals surface area contributed by atoms with Gasteiger partial charge in [-0.15, -0.1) is 0 Å². The lowest BCUT2D eigenvalue weighted by Crippen LogP contribution is -2.24. The Kier molecular flexibility index (Phi) is 2.71. The van der Waals surface area contributed by atoms with Crippen LogP contribution < -0.4 is 5.73 Å². The van der Waals surface area contributed by atoms with E-state index in [4.69, 9.17) is 5.73 Å². The Labute approximate surface area is 110 Å². The largest absolute Gasteiger partial charge is 0.506 e. The number of phenolic OH excluding ortho intramolecular Hbond substituents is 1. The predicted octanol–water partition coefficient (Wildman–Crippen LogP) is 3.07. The molecule has 0 aromatic heterocycles. The summed E-state index contributed by atoms with van der Waals surface area (Å²) in [5, 5.41) is 10.2. The lowest BCUT2D eigenvalue weighted by Gasteiger charge is -2.21. The van der Waals surface area contributed by atoms with Gasteiger partial charge in [0.05, 0.1) is 4.47 Å². The van der Waals surface area contributed by atoms with Gasteiger partial charge in [0.15, 0.2) is 0 Å². The van der Waals surface area contributed by atoms with Crippen LogP contribution in [0.25, 0.3) is 0 Å². The first kappa shape index (κ1) is 11.5. The van der Waals surface area contributed by atoms with Gasteiger partial charge in [-0.25, -0.2) is 0 Å². The number of halogens is 1. The van der Waals surface area contributed by atoms with E-state index in [0.717, 1.165) is 42.1 Å². The van der Waals surface area contributed by atoms with Crippen LogP contribution in [0.1, 0.15) is 42.4 Å². The molecule has 1 fully saturated rings. The molecule has 0 bridgehead atoms. The average Bonchev–Trinajstić information content (AvgIpc) is 3.04. The fourth-order valence-electron chi connectivity index (χ4n) is 2.75. The van der Waals surface area contributed by atoms with Crippen LogP contribution in [0, 0.1) is 0 Å². The molecule has 1 aromatic carbocycles. The van der Waals surface area contributed by atoms with Gasteiger partial charge in [-0.1, -0.05) is 6.07 Å². The molecule has 1 saturated carbocycles. The minimum Gasteiger partial charge on any atom is -0.506 e. The van der Waals surface area contributed by atoms with Crippen LogP contribution in [0.4, 0.5) is 0 Å². The van der Waals surface area contributed by atoms with Crippen LogP contribution in [0.15, 0.2) is 10.5 Å². The Morgan fingerprint density at radius 1 is 1.29 bits per heavy atom. The summed E-state index contributed by atoms with van der Waals surface area (Å²) >= 11 is 3.55. The molecule has 3 heteroatoms. The van der Waals surface area contributed by atoms with Crippen molar-refractivity contribution >= 4 is 15.9 Å². The summed E-state index contributed by atoms with van der Waals surface area (Å²) in [5.41, 5.74) is 9.84. The van der Waals surface area contributed by atoms with E-state index in [1.165, 1.54) is 24.0 Å². The Morgan fingerprint density at radius 2 is 2.00 bits per heavy atom. The molecular weight excluding hydrogens is 278 g/mol. The molecule has 17 heavy (non-hydrogen) atoms. The highest BCUT2D eigenvalue weighted by molar-refractivity contribution is 9.10. The van der Waals surface area contributed by atoms with E-state index in [2.05, 4.69) is 22.0 Å². The second-order valence-corrected chi connectivity index (χ2v) is 6.38. The zero-order valence-electron chi connectivity index (χ0n) is 9.93.